The Hall–Kier alpha value is -0.870. The van der Waals surface area contributed by atoms with Gasteiger partial charge in [0.1, 0.15) is 0 Å². The maximum absolute atomic E-state index is 5.87. The van der Waals surface area contributed by atoms with Crippen molar-refractivity contribution >= 4 is 0 Å². The molecule has 13 heavy (non-hydrogen) atoms. The van der Waals surface area contributed by atoms with Gasteiger partial charge in [0.2, 0.25) is 0 Å². The predicted octanol–water partition coefficient (Wildman–Crippen LogP) is 0.939. The fraction of sp³-hybridized carbons (Fsp3) is 0.667. The van der Waals surface area contributed by atoms with Gasteiger partial charge in [0.05, 0.1) is 18.8 Å². The molecule has 4 heteroatoms. The highest BCUT2D eigenvalue weighted by Crippen LogP contribution is 2.08. The molecule has 0 aliphatic heterocycles. The van der Waals surface area contributed by atoms with E-state index < -0.39 is 0 Å². The summed E-state index contributed by atoms with van der Waals surface area (Å²) in [7, 11) is 0. The molecule has 1 rings (SSSR count). The van der Waals surface area contributed by atoms with E-state index in [2.05, 4.69) is 5.10 Å². The lowest BCUT2D eigenvalue weighted by atomic mass is 10.2. The smallest absolute Gasteiger partial charge is 0.0660 e. The van der Waals surface area contributed by atoms with E-state index in [-0.39, 0.29) is 6.04 Å². The Labute approximate surface area is 78.7 Å². The number of nitrogens with zero attached hydrogens (tertiary/aromatic N) is 2. The number of aromatic nitrogens is 2. The van der Waals surface area contributed by atoms with Gasteiger partial charge >= 0.3 is 0 Å². The first kappa shape index (κ1) is 10.2. The van der Waals surface area contributed by atoms with E-state index in [4.69, 9.17) is 10.5 Å². The molecular weight excluding hydrogens is 166 g/mol. The molecule has 1 aromatic rings. The van der Waals surface area contributed by atoms with Crippen molar-refractivity contribution in [1.29, 1.82) is 0 Å². The number of hydrogen-bond acceptors (Lipinski definition) is 3. The van der Waals surface area contributed by atoms with Gasteiger partial charge in [0, 0.05) is 24.9 Å². The quantitative estimate of drug-likeness (QED) is 0.739. The van der Waals surface area contributed by atoms with Crippen LogP contribution in [-0.2, 0) is 11.3 Å². The zero-order valence-corrected chi connectivity index (χ0v) is 8.23. The number of rotatable bonds is 5. The number of hydrogen-bond donors (Lipinski definition) is 1. The van der Waals surface area contributed by atoms with Crippen LogP contribution in [0.25, 0.3) is 0 Å². The summed E-state index contributed by atoms with van der Waals surface area (Å²) in [6, 6.07) is -0.0553. The highest BCUT2D eigenvalue weighted by atomic mass is 16.5. The number of ether oxygens (including phenoxy) is 1. The van der Waals surface area contributed by atoms with Crippen LogP contribution in [0.15, 0.2) is 12.4 Å². The Morgan fingerprint density at radius 3 is 2.92 bits per heavy atom. The summed E-state index contributed by atoms with van der Waals surface area (Å²) in [5.74, 6) is 0. The Kier molecular flexibility index (Phi) is 3.92. The Bertz CT molecular complexity index is 247. The highest BCUT2D eigenvalue weighted by Gasteiger charge is 2.07. The van der Waals surface area contributed by atoms with Gasteiger partial charge in [-0.2, -0.15) is 5.10 Å². The zero-order valence-electron chi connectivity index (χ0n) is 8.23. The summed E-state index contributed by atoms with van der Waals surface area (Å²) < 4.78 is 7.09. The summed E-state index contributed by atoms with van der Waals surface area (Å²) in [5, 5.41) is 4.14. The van der Waals surface area contributed by atoms with Crippen LogP contribution in [0.3, 0.4) is 0 Å². The van der Waals surface area contributed by atoms with Gasteiger partial charge in [-0.25, -0.2) is 0 Å². The van der Waals surface area contributed by atoms with E-state index >= 15 is 0 Å². The minimum Gasteiger partial charge on any atom is -0.380 e. The normalized spacial score (nSPS) is 13.2. The topological polar surface area (TPSA) is 53.1 Å². The van der Waals surface area contributed by atoms with Gasteiger partial charge in [-0.05, 0) is 13.8 Å². The van der Waals surface area contributed by atoms with Crippen LogP contribution in [0.4, 0.5) is 0 Å². The molecule has 0 bridgehead atoms. The van der Waals surface area contributed by atoms with Gasteiger partial charge < -0.3 is 10.5 Å². The summed E-state index contributed by atoms with van der Waals surface area (Å²) in [4.78, 5) is 0. The Morgan fingerprint density at radius 1 is 1.62 bits per heavy atom. The van der Waals surface area contributed by atoms with Gasteiger partial charge in [-0.15, -0.1) is 0 Å². The lowest BCUT2D eigenvalue weighted by Gasteiger charge is -2.08. The molecular formula is C9H17N3O. The third-order valence-electron chi connectivity index (χ3n) is 1.91. The minimum absolute atomic E-state index is 0.0553. The second kappa shape index (κ2) is 4.99. The average molecular weight is 183 g/mol. The van der Waals surface area contributed by atoms with E-state index in [0.29, 0.717) is 13.2 Å². The number of aryl methyl sites for hydroxylation is 1. The molecule has 0 spiro atoms. The van der Waals surface area contributed by atoms with Crippen molar-refractivity contribution in [1.82, 2.24) is 9.78 Å². The summed E-state index contributed by atoms with van der Waals surface area (Å²) in [6.45, 7) is 6.15. The van der Waals surface area contributed by atoms with Gasteiger partial charge in [0.15, 0.2) is 0 Å². The van der Waals surface area contributed by atoms with Crippen molar-refractivity contribution in [2.75, 3.05) is 13.2 Å². The molecule has 0 fully saturated rings. The minimum atomic E-state index is -0.0553. The van der Waals surface area contributed by atoms with E-state index in [1.54, 1.807) is 6.20 Å². The van der Waals surface area contributed by atoms with Crippen LogP contribution in [0.5, 0.6) is 0 Å². The average Bonchev–Trinajstić information content (AvgIpc) is 2.62. The van der Waals surface area contributed by atoms with Crippen LogP contribution in [0, 0.1) is 0 Å². The van der Waals surface area contributed by atoms with Crippen molar-refractivity contribution in [2.24, 2.45) is 5.73 Å². The Morgan fingerprint density at radius 2 is 2.38 bits per heavy atom. The predicted molar refractivity (Wildman–Crippen MR) is 51.3 cm³/mol. The molecule has 4 nitrogen and oxygen atoms in total. The maximum Gasteiger partial charge on any atom is 0.0660 e. The Balaban J connectivity index is 2.50. The largest absolute Gasteiger partial charge is 0.380 e. The van der Waals surface area contributed by atoms with Crippen molar-refractivity contribution in [3.63, 3.8) is 0 Å². The lowest BCUT2D eigenvalue weighted by Crippen LogP contribution is -2.16. The zero-order chi connectivity index (χ0) is 9.68. The van der Waals surface area contributed by atoms with Crippen molar-refractivity contribution in [2.45, 2.75) is 26.4 Å². The van der Waals surface area contributed by atoms with E-state index in [1.807, 2.05) is 24.7 Å². The van der Waals surface area contributed by atoms with Gasteiger partial charge in [-0.1, -0.05) is 0 Å². The molecule has 0 radical (unpaired) electrons. The van der Waals surface area contributed by atoms with Crippen LogP contribution in [-0.4, -0.2) is 23.0 Å². The molecule has 1 aromatic heterocycles. The first-order valence-electron chi connectivity index (χ1n) is 4.63. The van der Waals surface area contributed by atoms with E-state index in [1.165, 1.54) is 0 Å². The summed E-state index contributed by atoms with van der Waals surface area (Å²) in [6.07, 6.45) is 3.76. The summed E-state index contributed by atoms with van der Waals surface area (Å²) in [5.41, 5.74) is 6.91. The molecule has 0 aliphatic rings. The van der Waals surface area contributed by atoms with Gasteiger partial charge in [-0.3, -0.25) is 4.68 Å². The molecule has 1 unspecified atom stereocenters. The monoisotopic (exact) mass is 183 g/mol. The molecule has 74 valence electrons. The number of nitrogens with two attached hydrogens (primary N) is 1. The van der Waals surface area contributed by atoms with Crippen molar-refractivity contribution < 1.29 is 4.74 Å². The van der Waals surface area contributed by atoms with Crippen molar-refractivity contribution in [3.05, 3.63) is 18.0 Å². The molecule has 1 heterocycles. The maximum atomic E-state index is 5.87. The molecule has 1 atom stereocenters. The molecule has 0 saturated carbocycles. The fourth-order valence-corrected chi connectivity index (χ4v) is 1.09. The third-order valence-corrected chi connectivity index (χ3v) is 1.91. The van der Waals surface area contributed by atoms with Crippen LogP contribution in [0.2, 0.25) is 0 Å². The first-order chi connectivity index (χ1) is 6.27. The second-order valence-electron chi connectivity index (χ2n) is 2.90. The molecule has 2 N–H and O–H groups in total. The standard InChI is InChI=1S/C9H17N3O/c1-3-12-6-8(5-11-12)9(10)7-13-4-2/h5-6,9H,3-4,7,10H2,1-2H3. The lowest BCUT2D eigenvalue weighted by molar-refractivity contribution is 0.133. The molecule has 0 aliphatic carbocycles. The van der Waals surface area contributed by atoms with E-state index in [9.17, 15) is 0 Å². The summed E-state index contributed by atoms with van der Waals surface area (Å²) >= 11 is 0. The molecule has 0 aromatic carbocycles. The fourth-order valence-electron chi connectivity index (χ4n) is 1.09. The SMILES string of the molecule is CCOCC(N)c1cnn(CC)c1. The first-order valence-corrected chi connectivity index (χ1v) is 4.63. The van der Waals surface area contributed by atoms with Gasteiger partial charge in [0.25, 0.3) is 0 Å². The van der Waals surface area contributed by atoms with Crippen LogP contribution >= 0.6 is 0 Å². The van der Waals surface area contributed by atoms with Crippen LogP contribution in [0.1, 0.15) is 25.5 Å². The third kappa shape index (κ3) is 2.82. The second-order valence-corrected chi connectivity index (χ2v) is 2.90. The van der Waals surface area contributed by atoms with Crippen molar-refractivity contribution in [3.8, 4) is 0 Å². The molecule has 0 amide bonds. The molecule has 0 saturated heterocycles. The van der Waals surface area contributed by atoms with Crippen LogP contribution < -0.4 is 5.73 Å². The highest BCUT2D eigenvalue weighted by molar-refractivity contribution is 5.09. The van der Waals surface area contributed by atoms with E-state index in [0.717, 1.165) is 12.1 Å².